The molecule has 1 aliphatic heterocycles. The number of carbonyl (C=O) groups excluding carboxylic acids is 1. The van der Waals surface area contributed by atoms with E-state index in [-0.39, 0.29) is 12.9 Å². The van der Waals surface area contributed by atoms with Crippen molar-refractivity contribution in [1.29, 1.82) is 0 Å². The van der Waals surface area contributed by atoms with Crippen molar-refractivity contribution in [3.05, 3.63) is 42.5 Å². The molecule has 196 valence electrons. The summed E-state index contributed by atoms with van der Waals surface area (Å²) in [6.07, 6.45) is 16.2. The largest absolute Gasteiger partial charge is 0.445 e. The molecule has 2 N–H and O–H groups in total. The van der Waals surface area contributed by atoms with Crippen LogP contribution in [0, 0.1) is 0 Å². The number of aliphatic imine (C=N–C) groups is 1. The van der Waals surface area contributed by atoms with Crippen molar-refractivity contribution >= 4 is 17.7 Å². The normalized spacial score (nSPS) is 14.1. The molecule has 0 saturated carbocycles. The van der Waals surface area contributed by atoms with Crippen LogP contribution in [0.1, 0.15) is 95.8 Å². The summed E-state index contributed by atoms with van der Waals surface area (Å²) in [6, 6.07) is 7.71. The van der Waals surface area contributed by atoms with E-state index in [1.165, 1.54) is 70.3 Å². The maximum absolute atomic E-state index is 12.0. The van der Waals surface area contributed by atoms with Crippen molar-refractivity contribution in [3.63, 3.8) is 0 Å². The lowest BCUT2D eigenvalue weighted by Gasteiger charge is -2.13. The molecule has 7 nitrogen and oxygen atoms in total. The van der Waals surface area contributed by atoms with Crippen molar-refractivity contribution in [2.45, 2.75) is 90.3 Å². The molecule has 0 unspecified atom stereocenters. The van der Waals surface area contributed by atoms with Crippen LogP contribution in [0.3, 0.4) is 0 Å². The fourth-order valence-electron chi connectivity index (χ4n) is 3.93. The fraction of sp³-hybridized carbons (Fsp3) is 0.643. The molecule has 0 radical (unpaired) electrons. The molecule has 1 saturated heterocycles. The van der Waals surface area contributed by atoms with E-state index in [0.29, 0.717) is 25.7 Å². The van der Waals surface area contributed by atoms with E-state index in [0.717, 1.165) is 24.1 Å². The lowest BCUT2D eigenvalue weighted by molar-refractivity contribution is -0.0441. The van der Waals surface area contributed by atoms with Gasteiger partial charge in [-0.15, -0.1) is 0 Å². The minimum Gasteiger partial charge on any atom is -0.445 e. The Morgan fingerprint density at radius 3 is 2.11 bits per heavy atom. The van der Waals surface area contributed by atoms with Crippen molar-refractivity contribution in [2.75, 3.05) is 31.7 Å². The number of nitrogens with one attached hydrogen (secondary N) is 2. The Balaban J connectivity index is 1.69. The molecule has 7 heteroatoms. The molecule has 1 fully saturated rings. The summed E-state index contributed by atoms with van der Waals surface area (Å²) in [5.41, 5.74) is 1.77. The van der Waals surface area contributed by atoms with Gasteiger partial charge in [0.05, 0.1) is 13.2 Å². The maximum Gasteiger partial charge on any atom is 0.414 e. The van der Waals surface area contributed by atoms with Crippen LogP contribution in [-0.4, -0.2) is 38.4 Å². The van der Waals surface area contributed by atoms with Crippen LogP contribution in [0.25, 0.3) is 0 Å². The Labute approximate surface area is 211 Å². The Bertz CT molecular complexity index is 730. The lowest BCUT2D eigenvalue weighted by Crippen LogP contribution is -2.36. The summed E-state index contributed by atoms with van der Waals surface area (Å²) in [6.45, 7) is 7.83. The van der Waals surface area contributed by atoms with Crippen LogP contribution in [0.4, 0.5) is 10.5 Å². The van der Waals surface area contributed by atoms with Crippen LogP contribution in [0.15, 0.2) is 41.9 Å². The van der Waals surface area contributed by atoms with Crippen LogP contribution in [0.2, 0.25) is 0 Å². The molecule has 0 bridgehead atoms. The van der Waals surface area contributed by atoms with Gasteiger partial charge in [-0.3, -0.25) is 10.3 Å². The molecule has 1 aromatic rings. The molecule has 35 heavy (non-hydrogen) atoms. The van der Waals surface area contributed by atoms with E-state index < -0.39 is 6.09 Å². The molecule has 0 spiro atoms. The zero-order chi connectivity index (χ0) is 25.0. The van der Waals surface area contributed by atoms with Gasteiger partial charge in [0.1, 0.15) is 6.61 Å². The molecular weight excluding hydrogens is 442 g/mol. The predicted molar refractivity (Wildman–Crippen MR) is 143 cm³/mol. The van der Waals surface area contributed by atoms with Crippen molar-refractivity contribution in [3.8, 4) is 0 Å². The Morgan fingerprint density at radius 1 is 0.971 bits per heavy atom. The van der Waals surface area contributed by atoms with Gasteiger partial charge < -0.3 is 19.5 Å². The zero-order valence-electron chi connectivity index (χ0n) is 21.6. The third-order valence-electron chi connectivity index (χ3n) is 5.90. The molecule has 1 heterocycles. The number of hydrogen-bond acceptors (Lipinski definition) is 5. The number of guanidine groups is 1. The second-order valence-electron chi connectivity index (χ2n) is 8.95. The third-order valence-corrected chi connectivity index (χ3v) is 5.90. The highest BCUT2D eigenvalue weighted by Crippen LogP contribution is 2.24. The maximum atomic E-state index is 12.0. The first kappa shape index (κ1) is 28.9. The zero-order valence-corrected chi connectivity index (χ0v) is 21.6. The highest BCUT2D eigenvalue weighted by molar-refractivity contribution is 6.02. The van der Waals surface area contributed by atoms with E-state index in [9.17, 15) is 4.79 Å². The first-order chi connectivity index (χ1) is 17.2. The van der Waals surface area contributed by atoms with Crippen molar-refractivity contribution in [1.82, 2.24) is 5.32 Å². The molecule has 1 amide bonds. The number of rotatable bonds is 17. The second kappa shape index (κ2) is 18.9. The Morgan fingerprint density at radius 2 is 1.54 bits per heavy atom. The summed E-state index contributed by atoms with van der Waals surface area (Å²) in [5, 5.41) is 5.87. The number of benzene rings is 1. The molecule has 0 aliphatic carbocycles. The summed E-state index contributed by atoms with van der Waals surface area (Å²) >= 11 is 0. The van der Waals surface area contributed by atoms with Gasteiger partial charge in [0.15, 0.2) is 6.29 Å². The van der Waals surface area contributed by atoms with E-state index in [1.807, 2.05) is 24.3 Å². The van der Waals surface area contributed by atoms with Crippen molar-refractivity contribution < 1.29 is 19.0 Å². The number of alkyl carbamates (subject to hydrolysis) is 1. The first-order valence-electron chi connectivity index (χ1n) is 13.4. The Hall–Kier alpha value is -2.38. The van der Waals surface area contributed by atoms with Gasteiger partial charge in [0.2, 0.25) is 5.96 Å². The summed E-state index contributed by atoms with van der Waals surface area (Å²) in [4.78, 5) is 16.6. The minimum absolute atomic E-state index is 0.147. The highest BCUT2D eigenvalue weighted by atomic mass is 16.7. The molecule has 0 atom stereocenters. The SMILES string of the molecule is C=CCOC(=O)N/C(=N\CCCCCCCCCCCCCC)Nc1ccc(C2OCCO2)cc1. The Kier molecular flexibility index (Phi) is 15.6. The number of nitrogens with zero attached hydrogens (tertiary/aromatic N) is 1. The molecule has 2 rings (SSSR count). The fourth-order valence-corrected chi connectivity index (χ4v) is 3.93. The smallest absolute Gasteiger partial charge is 0.414 e. The van der Waals surface area contributed by atoms with E-state index in [4.69, 9.17) is 14.2 Å². The van der Waals surface area contributed by atoms with Gasteiger partial charge in [0.25, 0.3) is 0 Å². The van der Waals surface area contributed by atoms with Gasteiger partial charge in [-0.05, 0) is 18.6 Å². The summed E-state index contributed by atoms with van der Waals surface area (Å²) < 4.78 is 16.1. The number of anilines is 1. The first-order valence-corrected chi connectivity index (χ1v) is 13.4. The number of hydrogen-bond donors (Lipinski definition) is 2. The van der Waals surface area contributed by atoms with E-state index in [2.05, 4.69) is 29.1 Å². The number of amides is 1. The van der Waals surface area contributed by atoms with Crippen LogP contribution in [-0.2, 0) is 14.2 Å². The van der Waals surface area contributed by atoms with Gasteiger partial charge in [-0.2, -0.15) is 0 Å². The lowest BCUT2D eigenvalue weighted by atomic mass is 10.1. The average molecular weight is 488 g/mol. The van der Waals surface area contributed by atoms with Crippen LogP contribution >= 0.6 is 0 Å². The number of unbranched alkanes of at least 4 members (excludes halogenated alkanes) is 11. The monoisotopic (exact) mass is 487 g/mol. The topological polar surface area (TPSA) is 81.2 Å². The second-order valence-corrected chi connectivity index (χ2v) is 8.95. The molecule has 1 aromatic carbocycles. The molecule has 0 aromatic heterocycles. The summed E-state index contributed by atoms with van der Waals surface area (Å²) in [5.74, 6) is 0.378. The summed E-state index contributed by atoms with van der Waals surface area (Å²) in [7, 11) is 0. The van der Waals surface area contributed by atoms with E-state index >= 15 is 0 Å². The van der Waals surface area contributed by atoms with Gasteiger partial charge in [-0.1, -0.05) is 102 Å². The van der Waals surface area contributed by atoms with Crippen LogP contribution < -0.4 is 10.6 Å². The number of ether oxygens (including phenoxy) is 3. The van der Waals surface area contributed by atoms with Gasteiger partial charge in [0, 0.05) is 17.8 Å². The minimum atomic E-state index is -0.560. The average Bonchev–Trinajstić information content (AvgIpc) is 3.41. The van der Waals surface area contributed by atoms with Gasteiger partial charge in [-0.25, -0.2) is 4.79 Å². The highest BCUT2D eigenvalue weighted by Gasteiger charge is 2.18. The van der Waals surface area contributed by atoms with Crippen LogP contribution in [0.5, 0.6) is 0 Å². The molecular formula is C28H45N3O4. The van der Waals surface area contributed by atoms with E-state index in [1.54, 1.807) is 0 Å². The standard InChI is InChI=1S/C28H45N3O4/c1-3-5-6-7-8-9-10-11-12-13-14-15-20-29-27(31-28(32)35-21-4-2)30-25-18-16-24(17-19-25)26-33-22-23-34-26/h4,16-19,26H,2-3,5-15,20-23H2,1H3,(H2,29,30,31,32). The molecule has 1 aliphatic rings. The van der Waals surface area contributed by atoms with Gasteiger partial charge >= 0.3 is 6.09 Å². The number of carbonyl (C=O) groups is 1. The predicted octanol–water partition coefficient (Wildman–Crippen LogP) is 7.11. The van der Waals surface area contributed by atoms with Crippen molar-refractivity contribution in [2.24, 2.45) is 4.99 Å². The quantitative estimate of drug-likeness (QED) is 0.106. The third kappa shape index (κ3) is 13.3.